The number of anilines is 1. The van der Waals surface area contributed by atoms with Crippen molar-refractivity contribution in [2.75, 3.05) is 11.9 Å². The lowest BCUT2D eigenvalue weighted by atomic mass is 9.83. The van der Waals surface area contributed by atoms with Crippen LogP contribution in [0.4, 0.5) is 5.69 Å². The molecule has 1 N–H and O–H groups in total. The number of carbonyl (C=O) groups is 1. The van der Waals surface area contributed by atoms with Crippen LogP contribution in [-0.4, -0.2) is 24.2 Å². The summed E-state index contributed by atoms with van der Waals surface area (Å²) in [6.45, 7) is 15.4. The second-order valence-electron chi connectivity index (χ2n) is 9.49. The zero-order chi connectivity index (χ0) is 23.0. The highest BCUT2D eigenvalue weighted by Gasteiger charge is 2.40. The molecule has 2 rings (SSSR count). The molecule has 0 spiro atoms. The summed E-state index contributed by atoms with van der Waals surface area (Å²) in [5.41, 5.74) is -0.0280. The molecule has 0 fully saturated rings. The van der Waals surface area contributed by atoms with Gasteiger partial charge in [0.05, 0.1) is 6.10 Å². The van der Waals surface area contributed by atoms with E-state index in [4.69, 9.17) is 9.47 Å². The predicted molar refractivity (Wildman–Crippen MR) is 131 cm³/mol. The smallest absolute Gasteiger partial charge is 0.256 e. The van der Waals surface area contributed by atoms with Gasteiger partial charge in [0.2, 0.25) is 0 Å². The maximum atomic E-state index is 13.7. The minimum atomic E-state index is -0.828. The molecule has 172 valence electrons. The van der Waals surface area contributed by atoms with E-state index >= 15 is 0 Å². The number of hydrogen-bond donors (Lipinski definition) is 1. The normalized spacial score (nSPS) is 13.1. The zero-order valence-corrected chi connectivity index (χ0v) is 20.5. The first-order valence-electron chi connectivity index (χ1n) is 11.9. The van der Waals surface area contributed by atoms with Gasteiger partial charge < -0.3 is 14.8 Å². The van der Waals surface area contributed by atoms with E-state index in [1.807, 2.05) is 36.4 Å². The summed E-state index contributed by atoms with van der Waals surface area (Å²) in [7, 11) is 0. The van der Waals surface area contributed by atoms with Gasteiger partial charge in [-0.05, 0) is 56.6 Å². The number of carbonyl (C=O) groups excluding carboxylic acids is 1. The second-order valence-corrected chi connectivity index (χ2v) is 9.49. The Hall–Kier alpha value is -2.07. The van der Waals surface area contributed by atoms with Crippen LogP contribution < -0.4 is 10.1 Å². The number of rotatable bonds is 12. The summed E-state index contributed by atoms with van der Waals surface area (Å²) in [6, 6.07) is 12.0. The topological polar surface area (TPSA) is 47.6 Å². The third-order valence-electron chi connectivity index (χ3n) is 5.51. The standard InChI is InChI=1S/C27H41NO3/c1-8-16-30-27(17-19(3)4,18-20(5)6)26(29)28-24-14-15-25(31-21(7)9-2)23-13-11-10-12-22(23)24/h10-15,19-21H,8-9,16-18H2,1-7H3,(H,28,29)/t21-/m1/s1. The summed E-state index contributed by atoms with van der Waals surface area (Å²) in [5.74, 6) is 1.50. The first-order valence-corrected chi connectivity index (χ1v) is 11.9. The van der Waals surface area contributed by atoms with Crippen molar-refractivity contribution in [1.82, 2.24) is 0 Å². The van der Waals surface area contributed by atoms with E-state index in [9.17, 15) is 4.79 Å². The minimum absolute atomic E-state index is 0.0518. The van der Waals surface area contributed by atoms with Gasteiger partial charge in [0.15, 0.2) is 0 Å². The third-order valence-corrected chi connectivity index (χ3v) is 5.51. The lowest BCUT2D eigenvalue weighted by Gasteiger charge is -2.35. The van der Waals surface area contributed by atoms with Crippen LogP contribution >= 0.6 is 0 Å². The van der Waals surface area contributed by atoms with E-state index in [0.717, 1.165) is 35.1 Å². The lowest BCUT2D eigenvalue weighted by molar-refractivity contribution is -0.147. The number of ether oxygens (including phenoxy) is 2. The number of fused-ring (bicyclic) bond motifs is 1. The van der Waals surface area contributed by atoms with Crippen molar-refractivity contribution in [3.63, 3.8) is 0 Å². The monoisotopic (exact) mass is 427 g/mol. The summed E-state index contributed by atoms with van der Waals surface area (Å²) < 4.78 is 12.4. The van der Waals surface area contributed by atoms with Gasteiger partial charge >= 0.3 is 0 Å². The largest absolute Gasteiger partial charge is 0.490 e. The molecule has 0 radical (unpaired) electrons. The van der Waals surface area contributed by atoms with Crippen molar-refractivity contribution in [2.45, 2.75) is 85.9 Å². The summed E-state index contributed by atoms with van der Waals surface area (Å²) in [5, 5.41) is 5.21. The molecule has 0 aliphatic carbocycles. The lowest BCUT2D eigenvalue weighted by Crippen LogP contribution is -2.48. The number of nitrogens with one attached hydrogen (secondary N) is 1. The molecule has 0 unspecified atom stereocenters. The molecular formula is C27H41NO3. The summed E-state index contributed by atoms with van der Waals surface area (Å²) in [6.07, 6.45) is 3.36. The van der Waals surface area contributed by atoms with Gasteiger partial charge in [-0.25, -0.2) is 0 Å². The van der Waals surface area contributed by atoms with Gasteiger partial charge in [-0.3, -0.25) is 4.79 Å². The van der Waals surface area contributed by atoms with Gasteiger partial charge in [-0.2, -0.15) is 0 Å². The predicted octanol–water partition coefficient (Wildman–Crippen LogP) is 7.21. The molecular weight excluding hydrogens is 386 g/mol. The van der Waals surface area contributed by atoms with Gasteiger partial charge in [-0.1, -0.05) is 65.8 Å². The quantitative estimate of drug-likeness (QED) is 0.389. The summed E-state index contributed by atoms with van der Waals surface area (Å²) >= 11 is 0. The number of benzene rings is 2. The van der Waals surface area contributed by atoms with Crippen molar-refractivity contribution in [2.24, 2.45) is 11.8 Å². The van der Waals surface area contributed by atoms with Gasteiger partial charge in [0.1, 0.15) is 11.4 Å². The Balaban J connectivity index is 2.43. The Bertz CT molecular complexity index is 833. The molecule has 0 saturated carbocycles. The van der Waals surface area contributed by atoms with Crippen LogP contribution in [0.15, 0.2) is 36.4 Å². The van der Waals surface area contributed by atoms with Crippen LogP contribution in [0.5, 0.6) is 5.75 Å². The molecule has 1 atom stereocenters. The molecule has 1 amide bonds. The van der Waals surface area contributed by atoms with Crippen molar-refractivity contribution in [1.29, 1.82) is 0 Å². The maximum Gasteiger partial charge on any atom is 0.256 e. The molecule has 0 saturated heterocycles. The molecule has 4 nitrogen and oxygen atoms in total. The van der Waals surface area contributed by atoms with Crippen molar-refractivity contribution in [3.8, 4) is 5.75 Å². The van der Waals surface area contributed by atoms with E-state index in [2.05, 4.69) is 53.8 Å². The van der Waals surface area contributed by atoms with Crippen molar-refractivity contribution < 1.29 is 14.3 Å². The first-order chi connectivity index (χ1) is 14.7. The highest BCUT2D eigenvalue weighted by molar-refractivity contribution is 6.06. The molecule has 0 aromatic heterocycles. The fraction of sp³-hybridized carbons (Fsp3) is 0.593. The highest BCUT2D eigenvalue weighted by Crippen LogP contribution is 2.35. The van der Waals surface area contributed by atoms with Gasteiger partial charge in [0, 0.05) is 23.1 Å². The zero-order valence-electron chi connectivity index (χ0n) is 20.5. The Kier molecular flexibility index (Phi) is 9.36. The van der Waals surface area contributed by atoms with E-state index in [-0.39, 0.29) is 12.0 Å². The van der Waals surface area contributed by atoms with Crippen molar-refractivity contribution >= 4 is 22.4 Å². The maximum absolute atomic E-state index is 13.7. The molecule has 4 heteroatoms. The van der Waals surface area contributed by atoms with Crippen LogP contribution in [-0.2, 0) is 9.53 Å². The number of hydrogen-bond acceptors (Lipinski definition) is 3. The molecule has 2 aromatic carbocycles. The molecule has 0 aliphatic rings. The Morgan fingerprint density at radius 1 is 0.935 bits per heavy atom. The summed E-state index contributed by atoms with van der Waals surface area (Å²) in [4.78, 5) is 13.7. The van der Waals surface area contributed by atoms with Gasteiger partial charge in [-0.15, -0.1) is 0 Å². The molecule has 0 heterocycles. The molecule has 2 aromatic rings. The highest BCUT2D eigenvalue weighted by atomic mass is 16.5. The van der Waals surface area contributed by atoms with Crippen LogP contribution in [0.25, 0.3) is 10.8 Å². The average Bonchev–Trinajstić information content (AvgIpc) is 2.72. The van der Waals surface area contributed by atoms with Crippen LogP contribution in [0.1, 0.15) is 74.1 Å². The van der Waals surface area contributed by atoms with Gasteiger partial charge in [0.25, 0.3) is 5.91 Å². The molecule has 0 bridgehead atoms. The molecule has 0 aliphatic heterocycles. The Labute approximate surface area is 188 Å². The van der Waals surface area contributed by atoms with E-state index < -0.39 is 5.60 Å². The Morgan fingerprint density at radius 3 is 2.10 bits per heavy atom. The van der Waals surface area contributed by atoms with Crippen molar-refractivity contribution in [3.05, 3.63) is 36.4 Å². The minimum Gasteiger partial charge on any atom is -0.490 e. The fourth-order valence-corrected chi connectivity index (χ4v) is 4.09. The van der Waals surface area contributed by atoms with Crippen LogP contribution in [0.2, 0.25) is 0 Å². The number of amides is 1. The van der Waals surface area contributed by atoms with E-state index in [1.165, 1.54) is 0 Å². The Morgan fingerprint density at radius 2 is 1.55 bits per heavy atom. The van der Waals surface area contributed by atoms with Crippen LogP contribution in [0.3, 0.4) is 0 Å². The van der Waals surface area contributed by atoms with E-state index in [0.29, 0.717) is 31.3 Å². The molecule has 31 heavy (non-hydrogen) atoms. The first kappa shape index (κ1) is 25.2. The SMILES string of the molecule is CCCOC(CC(C)C)(CC(C)C)C(=O)Nc1ccc(O[C@H](C)CC)c2ccccc12. The average molecular weight is 428 g/mol. The van der Waals surface area contributed by atoms with Crippen LogP contribution in [0, 0.1) is 11.8 Å². The fourth-order valence-electron chi connectivity index (χ4n) is 4.09. The third kappa shape index (κ3) is 6.70. The second kappa shape index (κ2) is 11.5. The van der Waals surface area contributed by atoms with E-state index in [1.54, 1.807) is 0 Å².